The number of rotatable bonds is 9. The number of ether oxygens (including phenoxy) is 1. The number of carbonyl (C=O) groups excluding carboxylic acids is 2. The lowest BCUT2D eigenvalue weighted by atomic mass is 9.95. The van der Waals surface area contributed by atoms with Crippen molar-refractivity contribution in [3.63, 3.8) is 0 Å². The molecule has 1 aliphatic carbocycles. The highest BCUT2D eigenvalue weighted by atomic mass is 127. The van der Waals surface area contributed by atoms with Crippen LogP contribution < -0.4 is 16.0 Å². The smallest absolute Gasteiger partial charge is 0.350 e. The molecule has 3 N–H and O–H groups in total. The van der Waals surface area contributed by atoms with E-state index in [2.05, 4.69) is 25.9 Å². The van der Waals surface area contributed by atoms with Crippen molar-refractivity contribution < 1.29 is 14.3 Å². The van der Waals surface area contributed by atoms with Gasteiger partial charge in [-0.05, 0) is 40.5 Å². The molecule has 176 valence electrons. The fraction of sp³-hybridized carbons (Fsp3) is 0.714. The third kappa shape index (κ3) is 9.30. The number of carbonyl (C=O) groups is 2. The molecule has 1 atom stereocenters. The van der Waals surface area contributed by atoms with E-state index in [1.165, 1.54) is 30.6 Å². The van der Waals surface area contributed by atoms with Crippen molar-refractivity contribution in [3.05, 3.63) is 15.6 Å². The highest BCUT2D eigenvalue weighted by molar-refractivity contribution is 14.0. The molecule has 1 fully saturated rings. The van der Waals surface area contributed by atoms with Crippen LogP contribution in [0.25, 0.3) is 0 Å². The molecule has 0 radical (unpaired) electrons. The molecule has 1 saturated carbocycles. The average molecular weight is 566 g/mol. The van der Waals surface area contributed by atoms with Crippen LogP contribution in [0, 0.1) is 6.92 Å². The van der Waals surface area contributed by atoms with E-state index >= 15 is 0 Å². The Hall–Kier alpha value is -1.43. The number of aliphatic imine (C=N–C) groups is 1. The van der Waals surface area contributed by atoms with Gasteiger partial charge in [0.25, 0.3) is 0 Å². The summed E-state index contributed by atoms with van der Waals surface area (Å²) in [6.07, 6.45) is 6.19. The van der Waals surface area contributed by atoms with E-state index in [0.29, 0.717) is 48.7 Å². The van der Waals surface area contributed by atoms with Crippen LogP contribution in [0.2, 0.25) is 0 Å². The summed E-state index contributed by atoms with van der Waals surface area (Å²) >= 11 is 1.33. The van der Waals surface area contributed by atoms with Gasteiger partial charge in [0, 0.05) is 19.0 Å². The number of nitrogens with one attached hydrogen (secondary N) is 3. The topological polar surface area (TPSA) is 105 Å². The second-order valence-electron chi connectivity index (χ2n) is 7.47. The summed E-state index contributed by atoms with van der Waals surface area (Å²) in [5.41, 5.74) is 0.670. The lowest BCUT2D eigenvalue weighted by Gasteiger charge is -2.22. The van der Waals surface area contributed by atoms with Crippen LogP contribution in [0.15, 0.2) is 4.99 Å². The summed E-state index contributed by atoms with van der Waals surface area (Å²) in [7, 11) is 0. The first-order chi connectivity index (χ1) is 14.4. The molecule has 1 aliphatic rings. The minimum Gasteiger partial charge on any atom is -0.462 e. The number of amides is 1. The summed E-state index contributed by atoms with van der Waals surface area (Å²) in [6, 6.07) is 0.189. The number of hydrogen-bond donors (Lipinski definition) is 3. The summed E-state index contributed by atoms with van der Waals surface area (Å²) < 4.78 is 5.09. The van der Waals surface area contributed by atoms with Gasteiger partial charge in [-0.1, -0.05) is 19.3 Å². The zero-order valence-electron chi connectivity index (χ0n) is 19.0. The number of hydrogen-bond acceptors (Lipinski definition) is 6. The van der Waals surface area contributed by atoms with E-state index in [1.807, 2.05) is 20.8 Å². The van der Waals surface area contributed by atoms with Gasteiger partial charge in [-0.3, -0.25) is 9.79 Å². The maximum Gasteiger partial charge on any atom is 0.350 e. The van der Waals surface area contributed by atoms with Crippen LogP contribution in [-0.2, 0) is 9.53 Å². The molecule has 2 rings (SSSR count). The Labute approximate surface area is 206 Å². The summed E-state index contributed by atoms with van der Waals surface area (Å²) in [5, 5.41) is 10.4. The van der Waals surface area contributed by atoms with E-state index in [9.17, 15) is 9.59 Å². The Kier molecular flexibility index (Phi) is 13.0. The molecule has 8 nitrogen and oxygen atoms in total. The van der Waals surface area contributed by atoms with Crippen LogP contribution in [0.1, 0.15) is 85.7 Å². The third-order valence-corrected chi connectivity index (χ3v) is 6.24. The van der Waals surface area contributed by atoms with Crippen LogP contribution in [0.4, 0.5) is 0 Å². The predicted molar refractivity (Wildman–Crippen MR) is 135 cm³/mol. The van der Waals surface area contributed by atoms with Crippen molar-refractivity contribution in [1.82, 2.24) is 20.9 Å². The number of aromatic nitrogens is 1. The predicted octanol–water partition coefficient (Wildman–Crippen LogP) is 3.70. The summed E-state index contributed by atoms with van der Waals surface area (Å²) in [6.45, 7) is 9.01. The minimum atomic E-state index is -0.337. The second kappa shape index (κ2) is 14.6. The number of guanidine groups is 1. The molecule has 10 heteroatoms. The van der Waals surface area contributed by atoms with Gasteiger partial charge in [0.15, 0.2) is 5.96 Å². The lowest BCUT2D eigenvalue weighted by molar-refractivity contribution is -0.121. The molecule has 0 saturated heterocycles. The molecule has 0 spiro atoms. The van der Waals surface area contributed by atoms with Gasteiger partial charge in [0.1, 0.15) is 9.88 Å². The van der Waals surface area contributed by atoms with Crippen LogP contribution >= 0.6 is 35.3 Å². The van der Waals surface area contributed by atoms with Crippen molar-refractivity contribution in [1.29, 1.82) is 0 Å². The molecule has 1 aromatic rings. The first-order valence-corrected chi connectivity index (χ1v) is 11.7. The van der Waals surface area contributed by atoms with Gasteiger partial charge < -0.3 is 20.7 Å². The number of aryl methyl sites for hydroxylation is 1. The Morgan fingerprint density at radius 3 is 2.61 bits per heavy atom. The van der Waals surface area contributed by atoms with Gasteiger partial charge in [-0.25, -0.2) is 9.78 Å². The van der Waals surface area contributed by atoms with E-state index in [4.69, 9.17) is 4.74 Å². The Balaban J connectivity index is 0.00000480. The Morgan fingerprint density at radius 2 is 1.97 bits per heavy atom. The molecule has 0 aromatic carbocycles. The van der Waals surface area contributed by atoms with Crippen molar-refractivity contribution in [2.45, 2.75) is 78.3 Å². The van der Waals surface area contributed by atoms with Crippen molar-refractivity contribution in [2.75, 3.05) is 19.7 Å². The van der Waals surface area contributed by atoms with Gasteiger partial charge in [0.2, 0.25) is 5.91 Å². The monoisotopic (exact) mass is 565 g/mol. The van der Waals surface area contributed by atoms with Crippen LogP contribution in [-0.4, -0.2) is 48.6 Å². The van der Waals surface area contributed by atoms with Crippen molar-refractivity contribution in [2.24, 2.45) is 4.99 Å². The Bertz CT molecular complexity index is 735. The van der Waals surface area contributed by atoms with Gasteiger partial charge in [0.05, 0.1) is 24.9 Å². The highest BCUT2D eigenvalue weighted by Gasteiger charge is 2.20. The quantitative estimate of drug-likeness (QED) is 0.183. The van der Waals surface area contributed by atoms with E-state index < -0.39 is 0 Å². The normalized spacial score (nSPS) is 15.5. The number of esters is 1. The molecular formula is C21H36IN5O3S. The summed E-state index contributed by atoms with van der Waals surface area (Å²) in [5.74, 6) is 0.348. The fourth-order valence-electron chi connectivity index (χ4n) is 3.39. The second-order valence-corrected chi connectivity index (χ2v) is 8.50. The third-order valence-electron chi connectivity index (χ3n) is 4.92. The first kappa shape index (κ1) is 27.6. The minimum absolute atomic E-state index is 0. The van der Waals surface area contributed by atoms with Crippen LogP contribution in [0.5, 0.6) is 0 Å². The number of halogens is 1. The maximum atomic E-state index is 12.2. The molecule has 0 bridgehead atoms. The molecule has 1 amide bonds. The zero-order chi connectivity index (χ0) is 21.9. The first-order valence-electron chi connectivity index (χ1n) is 10.9. The molecule has 1 aromatic heterocycles. The standard InChI is InChI=1S/C21H35N5O3S.HI/c1-5-22-21(23-13-12-17(27)26-16-10-8-7-9-11-16)25-15(4)19-24-14(3)18(30-19)20(28)29-6-2;/h15-16H,5-13H2,1-4H3,(H,26,27)(H2,22,23,25);1H. The summed E-state index contributed by atoms with van der Waals surface area (Å²) in [4.78, 5) is 33.8. The van der Waals surface area contributed by atoms with E-state index in [-0.39, 0.29) is 41.9 Å². The van der Waals surface area contributed by atoms with E-state index in [0.717, 1.165) is 17.8 Å². The highest BCUT2D eigenvalue weighted by Crippen LogP contribution is 2.24. The molecule has 31 heavy (non-hydrogen) atoms. The molecule has 1 heterocycles. The lowest BCUT2D eigenvalue weighted by Crippen LogP contribution is -2.39. The largest absolute Gasteiger partial charge is 0.462 e. The molecular weight excluding hydrogens is 529 g/mol. The number of thiazole rings is 1. The van der Waals surface area contributed by atoms with Gasteiger partial charge >= 0.3 is 5.97 Å². The fourth-order valence-corrected chi connectivity index (χ4v) is 4.35. The van der Waals surface area contributed by atoms with Crippen molar-refractivity contribution >= 4 is 53.1 Å². The maximum absolute atomic E-state index is 12.2. The van der Waals surface area contributed by atoms with Crippen molar-refractivity contribution in [3.8, 4) is 0 Å². The zero-order valence-corrected chi connectivity index (χ0v) is 22.1. The molecule has 1 unspecified atom stereocenters. The number of nitrogens with zero attached hydrogens (tertiary/aromatic N) is 2. The SMILES string of the molecule is CCNC(=NCCC(=O)NC1CCCCC1)NC(C)c1nc(C)c(C(=O)OCC)s1.I. The average Bonchev–Trinajstić information content (AvgIpc) is 3.11. The van der Waals surface area contributed by atoms with Gasteiger partial charge in [-0.2, -0.15) is 0 Å². The molecule has 0 aliphatic heterocycles. The van der Waals surface area contributed by atoms with Gasteiger partial charge in [-0.15, -0.1) is 35.3 Å². The Morgan fingerprint density at radius 1 is 1.26 bits per heavy atom. The van der Waals surface area contributed by atoms with E-state index in [1.54, 1.807) is 6.92 Å². The van der Waals surface area contributed by atoms with Crippen LogP contribution in [0.3, 0.4) is 0 Å².